The first-order valence-corrected chi connectivity index (χ1v) is 4.39. The number of thioether (sulfide) groups is 1. The summed E-state index contributed by atoms with van der Waals surface area (Å²) >= 11 is 1.65. The quantitative estimate of drug-likeness (QED) is 0.455. The summed E-state index contributed by atoms with van der Waals surface area (Å²) in [5.74, 6) is 7.60. The summed E-state index contributed by atoms with van der Waals surface area (Å²) in [6, 6.07) is 0. The van der Waals surface area contributed by atoms with E-state index in [1.807, 2.05) is 6.92 Å². The highest BCUT2D eigenvalue weighted by Gasteiger charge is 1.90. The molecular weight excluding hydrogens is 144 g/mol. The number of hydrogen-bond acceptors (Lipinski definition) is 2. The number of Topliss-reactive ketones (excluding diaryl/α,β-unsaturated/α-hetero) is 1. The van der Waals surface area contributed by atoms with Crippen LogP contribution in [0.1, 0.15) is 20.3 Å². The monoisotopic (exact) mass is 156 g/mol. The normalized spacial score (nSPS) is 8.20. The van der Waals surface area contributed by atoms with Crippen LogP contribution in [0.2, 0.25) is 0 Å². The topological polar surface area (TPSA) is 17.1 Å². The van der Waals surface area contributed by atoms with Crippen LogP contribution in [0, 0.1) is 11.8 Å². The molecule has 0 saturated heterocycles. The standard InChI is InChI=1S/C8H12OS/c1-3-4-5-6-10-7-8(2)9/h5-7H2,1-2H3. The van der Waals surface area contributed by atoms with E-state index in [1.54, 1.807) is 18.7 Å². The number of hydrogen-bond donors (Lipinski definition) is 0. The fourth-order valence-corrected chi connectivity index (χ4v) is 1.14. The van der Waals surface area contributed by atoms with E-state index in [1.165, 1.54) is 0 Å². The molecule has 1 nitrogen and oxygen atoms in total. The van der Waals surface area contributed by atoms with Crippen LogP contribution in [0.25, 0.3) is 0 Å². The Labute approximate surface area is 66.6 Å². The molecule has 0 spiro atoms. The van der Waals surface area contributed by atoms with Gasteiger partial charge in [0.1, 0.15) is 5.78 Å². The minimum absolute atomic E-state index is 0.245. The molecule has 0 aliphatic heterocycles. The highest BCUT2D eigenvalue weighted by Crippen LogP contribution is 2.00. The predicted molar refractivity (Wildman–Crippen MR) is 46.1 cm³/mol. The highest BCUT2D eigenvalue weighted by atomic mass is 32.2. The minimum Gasteiger partial charge on any atom is -0.299 e. The summed E-state index contributed by atoms with van der Waals surface area (Å²) in [5, 5.41) is 0. The van der Waals surface area contributed by atoms with Gasteiger partial charge in [0, 0.05) is 12.2 Å². The van der Waals surface area contributed by atoms with Crippen LogP contribution in [0.5, 0.6) is 0 Å². The van der Waals surface area contributed by atoms with E-state index in [2.05, 4.69) is 11.8 Å². The van der Waals surface area contributed by atoms with Crippen molar-refractivity contribution in [1.82, 2.24) is 0 Å². The van der Waals surface area contributed by atoms with E-state index >= 15 is 0 Å². The zero-order valence-electron chi connectivity index (χ0n) is 6.44. The van der Waals surface area contributed by atoms with Crippen LogP contribution >= 0.6 is 11.8 Å². The smallest absolute Gasteiger partial charge is 0.139 e. The number of carbonyl (C=O) groups is 1. The lowest BCUT2D eigenvalue weighted by molar-refractivity contribution is -0.114. The zero-order valence-corrected chi connectivity index (χ0v) is 7.25. The Balaban J connectivity index is 3.03. The van der Waals surface area contributed by atoms with Crippen molar-refractivity contribution in [1.29, 1.82) is 0 Å². The van der Waals surface area contributed by atoms with Gasteiger partial charge in [0.05, 0.1) is 5.75 Å². The van der Waals surface area contributed by atoms with E-state index in [9.17, 15) is 4.79 Å². The van der Waals surface area contributed by atoms with Crippen molar-refractivity contribution in [2.45, 2.75) is 20.3 Å². The van der Waals surface area contributed by atoms with Crippen molar-refractivity contribution in [2.75, 3.05) is 11.5 Å². The molecular formula is C8H12OS. The van der Waals surface area contributed by atoms with Crippen molar-refractivity contribution >= 4 is 17.5 Å². The molecule has 0 bridgehead atoms. The van der Waals surface area contributed by atoms with Crippen molar-refractivity contribution in [3.8, 4) is 11.8 Å². The molecule has 56 valence electrons. The van der Waals surface area contributed by atoms with Crippen LogP contribution in [-0.2, 0) is 4.79 Å². The number of rotatable bonds is 4. The van der Waals surface area contributed by atoms with Crippen LogP contribution in [0.3, 0.4) is 0 Å². The first-order chi connectivity index (χ1) is 4.77. The largest absolute Gasteiger partial charge is 0.299 e. The maximum absolute atomic E-state index is 10.4. The lowest BCUT2D eigenvalue weighted by Crippen LogP contribution is -1.93. The van der Waals surface area contributed by atoms with Crippen LogP contribution in [-0.4, -0.2) is 17.3 Å². The zero-order chi connectivity index (χ0) is 7.82. The fourth-order valence-electron chi connectivity index (χ4n) is 0.464. The molecule has 0 saturated carbocycles. The van der Waals surface area contributed by atoms with Crippen molar-refractivity contribution in [3.63, 3.8) is 0 Å². The first-order valence-electron chi connectivity index (χ1n) is 3.24. The van der Waals surface area contributed by atoms with Gasteiger partial charge in [0.25, 0.3) is 0 Å². The average Bonchev–Trinajstić information content (AvgIpc) is 1.87. The molecule has 0 aliphatic carbocycles. The first kappa shape index (κ1) is 9.58. The van der Waals surface area contributed by atoms with Gasteiger partial charge in [-0.05, 0) is 13.8 Å². The van der Waals surface area contributed by atoms with Crippen molar-refractivity contribution in [3.05, 3.63) is 0 Å². The van der Waals surface area contributed by atoms with E-state index in [-0.39, 0.29) is 5.78 Å². The van der Waals surface area contributed by atoms with Crippen molar-refractivity contribution in [2.24, 2.45) is 0 Å². The summed E-state index contributed by atoms with van der Waals surface area (Å²) in [4.78, 5) is 10.4. The molecule has 0 aromatic rings. The third-order valence-corrected chi connectivity index (χ3v) is 1.96. The van der Waals surface area contributed by atoms with Gasteiger partial charge in [-0.2, -0.15) is 11.8 Å². The Morgan fingerprint density at radius 1 is 1.60 bits per heavy atom. The minimum atomic E-state index is 0.245. The fraction of sp³-hybridized carbons (Fsp3) is 0.625. The summed E-state index contributed by atoms with van der Waals surface area (Å²) in [7, 11) is 0. The van der Waals surface area contributed by atoms with Gasteiger partial charge in [0.2, 0.25) is 0 Å². The molecule has 10 heavy (non-hydrogen) atoms. The molecule has 0 atom stereocenters. The molecule has 0 aromatic carbocycles. The SMILES string of the molecule is CC#CCCSCC(C)=O. The molecule has 2 heteroatoms. The maximum Gasteiger partial charge on any atom is 0.139 e. The van der Waals surface area contributed by atoms with Gasteiger partial charge < -0.3 is 0 Å². The highest BCUT2D eigenvalue weighted by molar-refractivity contribution is 7.99. The molecule has 0 amide bonds. The molecule has 0 rings (SSSR count). The molecule has 0 unspecified atom stereocenters. The molecule has 0 heterocycles. The van der Waals surface area contributed by atoms with Gasteiger partial charge in [-0.15, -0.1) is 11.8 Å². The van der Waals surface area contributed by atoms with Crippen LogP contribution < -0.4 is 0 Å². The summed E-state index contributed by atoms with van der Waals surface area (Å²) in [5.41, 5.74) is 0. The van der Waals surface area contributed by atoms with E-state index < -0.39 is 0 Å². The maximum atomic E-state index is 10.4. The van der Waals surface area contributed by atoms with Crippen LogP contribution in [0.15, 0.2) is 0 Å². The van der Waals surface area contributed by atoms with Gasteiger partial charge >= 0.3 is 0 Å². The summed E-state index contributed by atoms with van der Waals surface area (Å²) < 4.78 is 0. The van der Waals surface area contributed by atoms with Crippen molar-refractivity contribution < 1.29 is 4.79 Å². The molecule has 0 aromatic heterocycles. The van der Waals surface area contributed by atoms with Gasteiger partial charge in [-0.1, -0.05) is 0 Å². The second kappa shape index (κ2) is 6.70. The Morgan fingerprint density at radius 2 is 2.30 bits per heavy atom. The van der Waals surface area contributed by atoms with Gasteiger partial charge in [-0.3, -0.25) is 4.79 Å². The number of carbonyl (C=O) groups excluding carboxylic acids is 1. The lowest BCUT2D eigenvalue weighted by Gasteiger charge is -1.91. The van der Waals surface area contributed by atoms with E-state index in [4.69, 9.17) is 0 Å². The third kappa shape index (κ3) is 7.58. The third-order valence-electron chi connectivity index (χ3n) is 0.854. The Hall–Kier alpha value is -0.420. The molecule has 0 aliphatic rings. The number of ketones is 1. The predicted octanol–water partition coefficient (Wildman–Crippen LogP) is 1.72. The molecule has 0 radical (unpaired) electrons. The van der Waals surface area contributed by atoms with Gasteiger partial charge in [-0.25, -0.2) is 0 Å². The lowest BCUT2D eigenvalue weighted by atomic mass is 10.5. The molecule has 0 fully saturated rings. The Kier molecular flexibility index (Phi) is 6.42. The second-order valence-corrected chi connectivity index (χ2v) is 3.04. The Morgan fingerprint density at radius 3 is 2.80 bits per heavy atom. The summed E-state index contributed by atoms with van der Waals surface area (Å²) in [6.07, 6.45) is 0.897. The van der Waals surface area contributed by atoms with Crippen LogP contribution in [0.4, 0.5) is 0 Å². The second-order valence-electron chi connectivity index (χ2n) is 1.93. The van der Waals surface area contributed by atoms with E-state index in [0.717, 1.165) is 12.2 Å². The van der Waals surface area contributed by atoms with Gasteiger partial charge in [0.15, 0.2) is 0 Å². The summed E-state index contributed by atoms with van der Waals surface area (Å²) in [6.45, 7) is 3.44. The van der Waals surface area contributed by atoms with E-state index in [0.29, 0.717) is 5.75 Å². The Bertz CT molecular complexity index is 152. The molecule has 0 N–H and O–H groups in total. The average molecular weight is 156 g/mol.